The SMILES string of the molecule is COC1CNC(CN(C)CCOCC2CC2)C1. The van der Waals surface area contributed by atoms with E-state index in [1.807, 2.05) is 0 Å². The van der Waals surface area contributed by atoms with Crippen molar-refractivity contribution in [3.63, 3.8) is 0 Å². The van der Waals surface area contributed by atoms with Gasteiger partial charge in [-0.1, -0.05) is 0 Å². The topological polar surface area (TPSA) is 33.7 Å². The Bertz CT molecular complexity index is 221. The molecule has 1 heterocycles. The summed E-state index contributed by atoms with van der Waals surface area (Å²) in [5.41, 5.74) is 0. The molecule has 17 heavy (non-hydrogen) atoms. The smallest absolute Gasteiger partial charge is 0.0711 e. The van der Waals surface area contributed by atoms with Crippen molar-refractivity contribution in [2.75, 3.05) is 47.0 Å². The third-order valence-electron chi connectivity index (χ3n) is 3.71. The first-order chi connectivity index (χ1) is 8.28. The number of likely N-dealkylation sites (N-methyl/N-ethyl adjacent to an activating group) is 1. The van der Waals surface area contributed by atoms with E-state index in [0.717, 1.165) is 45.2 Å². The van der Waals surface area contributed by atoms with Gasteiger partial charge < -0.3 is 19.7 Å². The normalized spacial score (nSPS) is 29.1. The van der Waals surface area contributed by atoms with Crippen molar-refractivity contribution in [1.29, 1.82) is 0 Å². The minimum atomic E-state index is 0.402. The van der Waals surface area contributed by atoms with Crippen LogP contribution in [0.1, 0.15) is 19.3 Å². The first-order valence-corrected chi connectivity index (χ1v) is 6.80. The Morgan fingerprint density at radius 1 is 1.35 bits per heavy atom. The molecule has 0 aromatic rings. The summed E-state index contributed by atoms with van der Waals surface area (Å²) in [5.74, 6) is 0.874. The molecule has 0 radical (unpaired) electrons. The molecular weight excluding hydrogens is 216 g/mol. The Labute approximate surface area is 105 Å². The third-order valence-corrected chi connectivity index (χ3v) is 3.71. The lowest BCUT2D eigenvalue weighted by Gasteiger charge is -2.20. The van der Waals surface area contributed by atoms with E-state index in [9.17, 15) is 0 Å². The molecule has 0 aromatic heterocycles. The zero-order chi connectivity index (χ0) is 12.1. The molecule has 2 aliphatic rings. The number of methoxy groups -OCH3 is 1. The first kappa shape index (κ1) is 13.3. The average molecular weight is 242 g/mol. The highest BCUT2D eigenvalue weighted by Crippen LogP contribution is 2.28. The van der Waals surface area contributed by atoms with Gasteiger partial charge in [-0.15, -0.1) is 0 Å². The van der Waals surface area contributed by atoms with Crippen LogP contribution in [-0.2, 0) is 9.47 Å². The predicted octanol–water partition coefficient (Wildman–Crippen LogP) is 0.722. The Morgan fingerprint density at radius 2 is 2.18 bits per heavy atom. The molecular formula is C13H26N2O2. The maximum Gasteiger partial charge on any atom is 0.0711 e. The summed E-state index contributed by atoms with van der Waals surface area (Å²) in [6, 6.07) is 0.577. The molecule has 2 fully saturated rings. The van der Waals surface area contributed by atoms with Crippen LogP contribution in [0.15, 0.2) is 0 Å². The molecule has 1 aliphatic heterocycles. The molecule has 4 nitrogen and oxygen atoms in total. The molecule has 4 heteroatoms. The lowest BCUT2D eigenvalue weighted by atomic mass is 10.2. The van der Waals surface area contributed by atoms with Crippen molar-refractivity contribution in [3.8, 4) is 0 Å². The lowest BCUT2D eigenvalue weighted by Crippen LogP contribution is -2.36. The van der Waals surface area contributed by atoms with E-state index >= 15 is 0 Å². The van der Waals surface area contributed by atoms with Crippen LogP contribution in [0.2, 0.25) is 0 Å². The molecule has 0 aromatic carbocycles. The second-order valence-corrected chi connectivity index (χ2v) is 5.48. The van der Waals surface area contributed by atoms with Crippen molar-refractivity contribution in [3.05, 3.63) is 0 Å². The van der Waals surface area contributed by atoms with Crippen LogP contribution in [-0.4, -0.2) is 64.1 Å². The van der Waals surface area contributed by atoms with Crippen LogP contribution in [0.3, 0.4) is 0 Å². The van der Waals surface area contributed by atoms with E-state index in [-0.39, 0.29) is 0 Å². The Hall–Kier alpha value is -0.160. The molecule has 100 valence electrons. The molecule has 1 N–H and O–H groups in total. The summed E-state index contributed by atoms with van der Waals surface area (Å²) < 4.78 is 11.0. The zero-order valence-electron chi connectivity index (χ0n) is 11.2. The van der Waals surface area contributed by atoms with E-state index in [2.05, 4.69) is 17.3 Å². The molecule has 0 amide bonds. The van der Waals surface area contributed by atoms with E-state index < -0.39 is 0 Å². The second kappa shape index (κ2) is 6.69. The van der Waals surface area contributed by atoms with E-state index in [1.165, 1.54) is 12.8 Å². The van der Waals surface area contributed by atoms with Crippen LogP contribution in [0.4, 0.5) is 0 Å². The summed E-state index contributed by atoms with van der Waals surface area (Å²) in [7, 11) is 3.96. The summed E-state index contributed by atoms with van der Waals surface area (Å²) >= 11 is 0. The van der Waals surface area contributed by atoms with E-state index in [0.29, 0.717) is 12.1 Å². The molecule has 2 atom stereocenters. The van der Waals surface area contributed by atoms with Gasteiger partial charge >= 0.3 is 0 Å². The molecule has 2 unspecified atom stereocenters. The van der Waals surface area contributed by atoms with Crippen LogP contribution in [0.5, 0.6) is 0 Å². The molecule has 1 aliphatic carbocycles. The molecule has 1 saturated carbocycles. The average Bonchev–Trinajstić information content (AvgIpc) is 3.04. The number of ether oxygens (including phenoxy) is 2. The third kappa shape index (κ3) is 4.92. The van der Waals surface area contributed by atoms with Gasteiger partial charge in [0.2, 0.25) is 0 Å². The largest absolute Gasteiger partial charge is 0.380 e. The number of nitrogens with zero attached hydrogens (tertiary/aromatic N) is 1. The van der Waals surface area contributed by atoms with Gasteiger partial charge in [0.15, 0.2) is 0 Å². The van der Waals surface area contributed by atoms with Crippen molar-refractivity contribution in [2.45, 2.75) is 31.4 Å². The Balaban J connectivity index is 1.49. The summed E-state index contributed by atoms with van der Waals surface area (Å²) in [4.78, 5) is 2.35. The summed E-state index contributed by atoms with van der Waals surface area (Å²) in [6.45, 7) is 4.96. The van der Waals surface area contributed by atoms with Gasteiger partial charge in [0.25, 0.3) is 0 Å². The van der Waals surface area contributed by atoms with Gasteiger partial charge in [-0.05, 0) is 32.2 Å². The fourth-order valence-electron chi connectivity index (χ4n) is 2.32. The van der Waals surface area contributed by atoms with E-state index in [1.54, 1.807) is 7.11 Å². The van der Waals surface area contributed by atoms with Crippen LogP contribution >= 0.6 is 0 Å². The maximum atomic E-state index is 5.65. The van der Waals surface area contributed by atoms with Gasteiger partial charge in [-0.2, -0.15) is 0 Å². The Morgan fingerprint density at radius 3 is 2.82 bits per heavy atom. The van der Waals surface area contributed by atoms with Gasteiger partial charge in [-0.25, -0.2) is 0 Å². The highest BCUT2D eigenvalue weighted by Gasteiger charge is 2.24. The number of nitrogens with one attached hydrogen (secondary N) is 1. The van der Waals surface area contributed by atoms with Gasteiger partial charge in [0.1, 0.15) is 0 Å². The van der Waals surface area contributed by atoms with Crippen LogP contribution in [0, 0.1) is 5.92 Å². The van der Waals surface area contributed by atoms with Gasteiger partial charge in [0.05, 0.1) is 12.7 Å². The second-order valence-electron chi connectivity index (χ2n) is 5.48. The van der Waals surface area contributed by atoms with Gasteiger partial charge in [-0.3, -0.25) is 0 Å². The maximum absolute atomic E-state index is 5.65. The van der Waals surface area contributed by atoms with Crippen molar-refractivity contribution in [2.24, 2.45) is 5.92 Å². The van der Waals surface area contributed by atoms with Crippen LogP contribution < -0.4 is 5.32 Å². The molecule has 1 saturated heterocycles. The predicted molar refractivity (Wildman–Crippen MR) is 68.2 cm³/mol. The molecule has 2 rings (SSSR count). The van der Waals surface area contributed by atoms with Crippen molar-refractivity contribution in [1.82, 2.24) is 10.2 Å². The van der Waals surface area contributed by atoms with Crippen molar-refractivity contribution < 1.29 is 9.47 Å². The summed E-state index contributed by atoms with van der Waals surface area (Å²) in [6.07, 6.45) is 4.28. The quantitative estimate of drug-likeness (QED) is 0.636. The zero-order valence-corrected chi connectivity index (χ0v) is 11.2. The number of hydrogen-bond donors (Lipinski definition) is 1. The van der Waals surface area contributed by atoms with E-state index in [4.69, 9.17) is 9.47 Å². The lowest BCUT2D eigenvalue weighted by molar-refractivity contribution is 0.0985. The number of rotatable bonds is 8. The first-order valence-electron chi connectivity index (χ1n) is 6.80. The standard InChI is InChI=1S/C13H26N2O2/c1-15(5-6-17-10-11-3-4-11)9-12-7-13(16-2)8-14-12/h11-14H,3-10H2,1-2H3. The fourth-order valence-corrected chi connectivity index (χ4v) is 2.32. The fraction of sp³-hybridized carbons (Fsp3) is 1.00. The molecule has 0 bridgehead atoms. The minimum Gasteiger partial charge on any atom is -0.380 e. The highest BCUT2D eigenvalue weighted by atomic mass is 16.5. The molecule has 0 spiro atoms. The van der Waals surface area contributed by atoms with Gasteiger partial charge in [0, 0.05) is 39.4 Å². The van der Waals surface area contributed by atoms with Crippen molar-refractivity contribution >= 4 is 0 Å². The monoisotopic (exact) mass is 242 g/mol. The Kier molecular flexibility index (Phi) is 5.22. The number of hydrogen-bond acceptors (Lipinski definition) is 4. The highest BCUT2D eigenvalue weighted by molar-refractivity contribution is 4.83. The van der Waals surface area contributed by atoms with Crippen LogP contribution in [0.25, 0.3) is 0 Å². The summed E-state index contributed by atoms with van der Waals surface area (Å²) in [5, 5.41) is 3.50. The minimum absolute atomic E-state index is 0.402.